The first kappa shape index (κ1) is 38.1. The number of para-hydroxylation sites is 1. The SMILES string of the molecule is CCCCCCCC[N+]1=C(/C=C2\C(=O)C(/C=C3/N(CC)c4ccccc4C3(C)C)=C2O)C(C)(C)c2cc(C#Cc3ccc(C(=O)O)c(C(=O)O)c3)ccc21. The molecule has 0 saturated carbocycles. The summed E-state index contributed by atoms with van der Waals surface area (Å²) >= 11 is 0. The number of nitrogens with zero attached hydrogens (tertiary/aromatic N) is 2. The van der Waals surface area contributed by atoms with Crippen molar-refractivity contribution >= 4 is 34.8 Å². The molecule has 3 aromatic carbocycles. The minimum Gasteiger partial charge on any atom is -0.506 e. The van der Waals surface area contributed by atoms with Crippen LogP contribution in [0, 0.1) is 11.8 Å². The van der Waals surface area contributed by atoms with Crippen molar-refractivity contribution in [2.45, 2.75) is 90.9 Å². The molecule has 8 heteroatoms. The van der Waals surface area contributed by atoms with Crippen molar-refractivity contribution in [3.05, 3.63) is 129 Å². The lowest BCUT2D eigenvalue weighted by Crippen LogP contribution is -2.32. The average molecular weight is 726 g/mol. The summed E-state index contributed by atoms with van der Waals surface area (Å²) in [7, 11) is 0. The number of rotatable bonds is 12. The molecule has 0 radical (unpaired) electrons. The lowest BCUT2D eigenvalue weighted by Gasteiger charge is -2.28. The fourth-order valence-electron chi connectivity index (χ4n) is 8.06. The molecule has 3 N–H and O–H groups in total. The van der Waals surface area contributed by atoms with E-state index in [0.717, 1.165) is 60.7 Å². The van der Waals surface area contributed by atoms with E-state index in [4.69, 9.17) is 0 Å². The largest absolute Gasteiger partial charge is 0.506 e. The second kappa shape index (κ2) is 15.0. The van der Waals surface area contributed by atoms with E-state index in [2.05, 4.69) is 75.0 Å². The van der Waals surface area contributed by atoms with Crippen LogP contribution >= 0.6 is 0 Å². The molecule has 2 heterocycles. The molecule has 278 valence electrons. The minimum atomic E-state index is -1.33. The Kier molecular flexibility index (Phi) is 10.6. The zero-order valence-corrected chi connectivity index (χ0v) is 32.0. The van der Waals surface area contributed by atoms with E-state index in [9.17, 15) is 29.7 Å². The number of benzene rings is 3. The van der Waals surface area contributed by atoms with Crippen LogP contribution in [0.3, 0.4) is 0 Å². The van der Waals surface area contributed by atoms with E-state index >= 15 is 0 Å². The Hall–Kier alpha value is -5.68. The molecule has 0 amide bonds. The number of ketones is 1. The number of carbonyl (C=O) groups is 3. The number of carbonyl (C=O) groups excluding carboxylic acids is 1. The number of fused-ring (bicyclic) bond motifs is 2. The average Bonchev–Trinajstić information content (AvgIpc) is 3.50. The number of hydrogen-bond donors (Lipinski definition) is 3. The van der Waals surface area contributed by atoms with Gasteiger partial charge in [0, 0.05) is 58.6 Å². The van der Waals surface area contributed by atoms with Crippen LogP contribution in [0.15, 0.2) is 95.4 Å². The zero-order chi connectivity index (χ0) is 38.9. The molecule has 0 fully saturated rings. The fourth-order valence-corrected chi connectivity index (χ4v) is 8.06. The Balaban J connectivity index is 1.35. The summed E-state index contributed by atoms with van der Waals surface area (Å²) in [4.78, 5) is 39.4. The quantitative estimate of drug-likeness (QED) is 0.0738. The highest BCUT2D eigenvalue weighted by Gasteiger charge is 2.47. The van der Waals surface area contributed by atoms with Crippen LogP contribution in [-0.4, -0.2) is 56.4 Å². The first-order chi connectivity index (χ1) is 25.7. The number of carboxylic acids is 2. The standard InChI is InChI=1S/C46H48N2O6/c1-7-9-10-11-12-15-24-48-38-23-21-30(19-18-29-20-22-31(43(51)52)32(25-29)44(53)54)26-36(38)46(5,6)40(48)28-34-41(49)33(42(34)50)27-39-45(3,4)35-16-13-14-17-37(35)47(39)8-2/h13-14,16-17,20-23,25-28H,7-12,15,24H2,1-6H3,(H2-,49,50,51,52,53,54)/p+1. The molecule has 0 atom stereocenters. The molecule has 0 saturated heterocycles. The summed E-state index contributed by atoms with van der Waals surface area (Å²) in [5.74, 6) is 3.33. The van der Waals surface area contributed by atoms with Gasteiger partial charge in [-0.05, 0) is 75.2 Å². The third-order valence-electron chi connectivity index (χ3n) is 11.1. The maximum absolute atomic E-state index is 13.9. The van der Waals surface area contributed by atoms with Gasteiger partial charge < -0.3 is 20.2 Å². The van der Waals surface area contributed by atoms with E-state index in [1.54, 1.807) is 0 Å². The molecule has 6 rings (SSSR count). The Morgan fingerprint density at radius 3 is 2.09 bits per heavy atom. The second-order valence-corrected chi connectivity index (χ2v) is 15.3. The zero-order valence-electron chi connectivity index (χ0n) is 32.0. The summed E-state index contributed by atoms with van der Waals surface area (Å²) in [6.07, 6.45) is 10.6. The van der Waals surface area contributed by atoms with Gasteiger partial charge in [-0.1, -0.05) is 76.5 Å². The maximum atomic E-state index is 13.9. The van der Waals surface area contributed by atoms with Crippen LogP contribution in [0.5, 0.6) is 0 Å². The van der Waals surface area contributed by atoms with E-state index in [0.29, 0.717) is 22.3 Å². The second-order valence-electron chi connectivity index (χ2n) is 15.3. The van der Waals surface area contributed by atoms with Gasteiger partial charge in [0.05, 0.1) is 27.7 Å². The predicted octanol–water partition coefficient (Wildman–Crippen LogP) is 9.24. The molecule has 8 nitrogen and oxygen atoms in total. The lowest BCUT2D eigenvalue weighted by molar-refractivity contribution is -0.438. The molecule has 54 heavy (non-hydrogen) atoms. The Morgan fingerprint density at radius 1 is 0.778 bits per heavy atom. The van der Waals surface area contributed by atoms with Gasteiger partial charge in [-0.15, -0.1) is 0 Å². The molecular formula is C46H49N2O6+. The molecule has 2 aliphatic heterocycles. The van der Waals surface area contributed by atoms with Gasteiger partial charge in [0.25, 0.3) is 0 Å². The van der Waals surface area contributed by atoms with E-state index in [-0.39, 0.29) is 28.1 Å². The summed E-state index contributed by atoms with van der Waals surface area (Å²) in [5, 5.41) is 30.5. The van der Waals surface area contributed by atoms with Crippen LogP contribution in [0.2, 0.25) is 0 Å². The number of unbranched alkanes of at least 4 members (excludes halogenated alkanes) is 5. The molecule has 1 aliphatic carbocycles. The summed E-state index contributed by atoms with van der Waals surface area (Å²) in [6.45, 7) is 14.3. The van der Waals surface area contributed by atoms with Crippen molar-refractivity contribution in [3.63, 3.8) is 0 Å². The predicted molar refractivity (Wildman–Crippen MR) is 212 cm³/mol. The highest BCUT2D eigenvalue weighted by molar-refractivity contribution is 6.24. The summed E-state index contributed by atoms with van der Waals surface area (Å²) in [5.41, 5.74) is 6.53. The topological polar surface area (TPSA) is 118 Å². The van der Waals surface area contributed by atoms with E-state index < -0.39 is 17.4 Å². The molecule has 0 spiro atoms. The van der Waals surface area contributed by atoms with Crippen molar-refractivity contribution in [3.8, 4) is 11.8 Å². The number of Topliss-reactive ketones (excluding diaryl/α,β-unsaturated/α-hetero) is 1. The molecule has 0 bridgehead atoms. The van der Waals surface area contributed by atoms with Crippen LogP contribution in [0.1, 0.15) is 123 Å². The third-order valence-corrected chi connectivity index (χ3v) is 11.1. The Bertz CT molecular complexity index is 2250. The minimum absolute atomic E-state index is 0.00952. The molecule has 0 aromatic heterocycles. The van der Waals surface area contributed by atoms with Crippen molar-refractivity contribution in [2.24, 2.45) is 0 Å². The van der Waals surface area contributed by atoms with E-state index in [1.807, 2.05) is 42.5 Å². The van der Waals surface area contributed by atoms with Gasteiger partial charge >= 0.3 is 11.9 Å². The molecular weight excluding hydrogens is 677 g/mol. The number of aromatic carboxylic acids is 2. The van der Waals surface area contributed by atoms with Crippen molar-refractivity contribution in [2.75, 3.05) is 18.0 Å². The fraction of sp³-hybridized carbons (Fsp3) is 0.348. The van der Waals surface area contributed by atoms with Crippen LogP contribution in [-0.2, 0) is 15.6 Å². The normalized spacial score (nSPS) is 18.1. The molecule has 3 aliphatic rings. The first-order valence-electron chi connectivity index (χ1n) is 18.9. The number of allylic oxidation sites excluding steroid dienone is 5. The molecule has 3 aromatic rings. The van der Waals surface area contributed by atoms with Gasteiger partial charge in [0.15, 0.2) is 5.71 Å². The van der Waals surface area contributed by atoms with Crippen LogP contribution in [0.4, 0.5) is 11.4 Å². The highest BCUT2D eigenvalue weighted by Crippen LogP contribution is 2.49. The highest BCUT2D eigenvalue weighted by atomic mass is 16.4. The van der Waals surface area contributed by atoms with Crippen molar-refractivity contribution < 1.29 is 34.3 Å². The van der Waals surface area contributed by atoms with Crippen LogP contribution in [0.25, 0.3) is 0 Å². The summed E-state index contributed by atoms with van der Waals surface area (Å²) < 4.78 is 2.27. The smallest absolute Gasteiger partial charge is 0.336 e. The number of anilines is 1. The number of aliphatic hydroxyl groups excluding tert-OH is 1. The Morgan fingerprint density at radius 2 is 1.43 bits per heavy atom. The van der Waals surface area contributed by atoms with Crippen molar-refractivity contribution in [1.82, 2.24) is 0 Å². The summed E-state index contributed by atoms with van der Waals surface area (Å²) in [6, 6.07) is 18.3. The third kappa shape index (κ3) is 6.80. The van der Waals surface area contributed by atoms with Crippen molar-refractivity contribution in [1.29, 1.82) is 0 Å². The van der Waals surface area contributed by atoms with Crippen LogP contribution < -0.4 is 4.90 Å². The Labute approximate surface area is 317 Å². The molecule has 0 unspecified atom stereocenters. The number of carboxylic acid groups (broad SMARTS) is 2. The number of aliphatic hydroxyl groups is 1. The lowest BCUT2D eigenvalue weighted by atomic mass is 9.77. The maximum Gasteiger partial charge on any atom is 0.336 e. The van der Waals surface area contributed by atoms with E-state index in [1.165, 1.54) is 43.0 Å². The van der Waals surface area contributed by atoms with Gasteiger partial charge in [0.2, 0.25) is 11.5 Å². The first-order valence-corrected chi connectivity index (χ1v) is 18.9. The van der Waals surface area contributed by atoms with Gasteiger partial charge in [-0.2, -0.15) is 4.58 Å². The van der Waals surface area contributed by atoms with Gasteiger partial charge in [-0.3, -0.25) is 4.79 Å². The number of likely N-dealkylation sites (N-methyl/N-ethyl adjacent to an activating group) is 1. The van der Waals surface area contributed by atoms with Gasteiger partial charge in [0.1, 0.15) is 12.3 Å². The number of hydrogen-bond acceptors (Lipinski definition) is 5. The monoisotopic (exact) mass is 725 g/mol. The van der Waals surface area contributed by atoms with Gasteiger partial charge in [-0.25, -0.2) is 9.59 Å².